The van der Waals surface area contributed by atoms with Crippen LogP contribution in [0.5, 0.6) is 11.6 Å². The predicted molar refractivity (Wildman–Crippen MR) is 119 cm³/mol. The Labute approximate surface area is 189 Å². The van der Waals surface area contributed by atoms with Gasteiger partial charge in [0.15, 0.2) is 9.84 Å². The summed E-state index contributed by atoms with van der Waals surface area (Å²) < 4.78 is 64.3. The quantitative estimate of drug-likeness (QED) is 0.590. The molecule has 4 rings (SSSR count). The van der Waals surface area contributed by atoms with Crippen LogP contribution in [-0.2, 0) is 15.6 Å². The standard InChI is InChI=1S/C22H22F2N4O4S/c23-15-2-3-16-17-11-20(26-12-18(17)24)27-21-8-14(13-33(29,30)7-4-25)9-22(28-21)32-6-1-5-31-19(16)10-15/h2-3,8-12H,1,4-7,13,25H2,(H,26,27,28). The molecular weight excluding hydrogens is 454 g/mol. The van der Waals surface area contributed by atoms with Gasteiger partial charge in [-0.2, -0.15) is 4.98 Å². The highest BCUT2D eigenvalue weighted by Crippen LogP contribution is 2.34. The number of aromatic nitrogens is 2. The first-order valence-corrected chi connectivity index (χ1v) is 12.0. The van der Waals surface area contributed by atoms with Crippen molar-refractivity contribution in [1.29, 1.82) is 0 Å². The topological polar surface area (TPSA) is 116 Å². The fourth-order valence-corrected chi connectivity index (χ4v) is 4.56. The average Bonchev–Trinajstić information content (AvgIpc) is 2.74. The minimum Gasteiger partial charge on any atom is -0.493 e. The first-order chi connectivity index (χ1) is 15.8. The maximum atomic E-state index is 14.6. The monoisotopic (exact) mass is 476 g/mol. The van der Waals surface area contributed by atoms with Crippen LogP contribution in [0.2, 0.25) is 0 Å². The molecule has 3 heterocycles. The fraction of sp³-hybridized carbons (Fsp3) is 0.273. The Morgan fingerprint density at radius 3 is 2.67 bits per heavy atom. The minimum atomic E-state index is -3.41. The van der Waals surface area contributed by atoms with E-state index in [1.54, 1.807) is 12.1 Å². The first-order valence-electron chi connectivity index (χ1n) is 10.2. The third-order valence-corrected chi connectivity index (χ3v) is 6.45. The number of nitrogens with two attached hydrogens (primary N) is 1. The summed E-state index contributed by atoms with van der Waals surface area (Å²) in [6, 6.07) is 8.41. The Morgan fingerprint density at radius 2 is 1.85 bits per heavy atom. The zero-order chi connectivity index (χ0) is 23.4. The maximum absolute atomic E-state index is 14.6. The summed E-state index contributed by atoms with van der Waals surface area (Å²) in [6.45, 7) is 0.426. The molecule has 0 fully saturated rings. The Hall–Kier alpha value is -3.31. The summed E-state index contributed by atoms with van der Waals surface area (Å²) in [7, 11) is -3.41. The number of pyridine rings is 2. The molecule has 33 heavy (non-hydrogen) atoms. The molecule has 0 aliphatic carbocycles. The normalized spacial score (nSPS) is 13.7. The summed E-state index contributed by atoms with van der Waals surface area (Å²) >= 11 is 0. The molecule has 2 aromatic heterocycles. The number of ether oxygens (including phenoxy) is 2. The van der Waals surface area contributed by atoms with E-state index in [0.29, 0.717) is 17.5 Å². The van der Waals surface area contributed by atoms with E-state index in [4.69, 9.17) is 15.2 Å². The Morgan fingerprint density at radius 1 is 1.03 bits per heavy atom. The van der Waals surface area contributed by atoms with E-state index in [1.807, 2.05) is 0 Å². The summed E-state index contributed by atoms with van der Waals surface area (Å²) in [6.07, 6.45) is 1.46. The van der Waals surface area contributed by atoms with Gasteiger partial charge in [-0.3, -0.25) is 0 Å². The van der Waals surface area contributed by atoms with Crippen LogP contribution in [0.15, 0.2) is 42.6 Å². The smallest absolute Gasteiger partial charge is 0.215 e. The molecular formula is C22H22F2N4O4S. The van der Waals surface area contributed by atoms with Gasteiger partial charge in [0.1, 0.15) is 29.0 Å². The molecule has 0 amide bonds. The van der Waals surface area contributed by atoms with E-state index in [9.17, 15) is 17.2 Å². The molecule has 0 spiro atoms. The van der Waals surface area contributed by atoms with E-state index in [0.717, 1.165) is 6.20 Å². The molecule has 0 radical (unpaired) electrons. The van der Waals surface area contributed by atoms with Crippen LogP contribution >= 0.6 is 0 Å². The molecule has 3 aromatic rings. The number of rotatable bonds is 4. The number of halogens is 2. The zero-order valence-electron chi connectivity index (χ0n) is 17.6. The number of nitrogens with one attached hydrogen (secondary N) is 1. The van der Waals surface area contributed by atoms with Crippen molar-refractivity contribution in [3.8, 4) is 22.8 Å². The molecule has 3 N–H and O–H groups in total. The minimum absolute atomic E-state index is 0.0233. The lowest BCUT2D eigenvalue weighted by molar-refractivity contribution is 0.242. The molecule has 174 valence electrons. The van der Waals surface area contributed by atoms with Gasteiger partial charge < -0.3 is 20.5 Å². The van der Waals surface area contributed by atoms with Gasteiger partial charge in [-0.1, -0.05) is 0 Å². The highest BCUT2D eigenvalue weighted by Gasteiger charge is 2.17. The number of fused-ring (bicyclic) bond motifs is 6. The fourth-order valence-electron chi connectivity index (χ4n) is 3.39. The van der Waals surface area contributed by atoms with Gasteiger partial charge in [-0.05, 0) is 29.8 Å². The van der Waals surface area contributed by atoms with E-state index >= 15 is 0 Å². The number of nitrogens with zero attached hydrogens (tertiary/aromatic N) is 2. The SMILES string of the molecule is NCCS(=O)(=O)Cc1cc2nc(c1)OCCCOc1cc(F)ccc1-c1cc(ncc1F)N2. The van der Waals surface area contributed by atoms with E-state index in [2.05, 4.69) is 15.3 Å². The number of benzene rings is 1. The van der Waals surface area contributed by atoms with Crippen molar-refractivity contribution in [1.82, 2.24) is 9.97 Å². The largest absolute Gasteiger partial charge is 0.493 e. The van der Waals surface area contributed by atoms with Gasteiger partial charge in [0.2, 0.25) is 5.88 Å². The van der Waals surface area contributed by atoms with Crippen molar-refractivity contribution in [2.75, 3.05) is 30.8 Å². The second kappa shape index (κ2) is 9.67. The highest BCUT2D eigenvalue weighted by atomic mass is 32.2. The molecule has 8 nitrogen and oxygen atoms in total. The van der Waals surface area contributed by atoms with Crippen LogP contribution in [-0.4, -0.2) is 43.9 Å². The van der Waals surface area contributed by atoms with Gasteiger partial charge in [0, 0.05) is 36.2 Å². The average molecular weight is 477 g/mol. The third-order valence-electron chi connectivity index (χ3n) is 4.82. The van der Waals surface area contributed by atoms with Gasteiger partial charge in [0.05, 0.1) is 30.9 Å². The molecule has 1 aliphatic heterocycles. The lowest BCUT2D eigenvalue weighted by Crippen LogP contribution is -2.17. The van der Waals surface area contributed by atoms with Crippen molar-refractivity contribution in [2.24, 2.45) is 5.73 Å². The van der Waals surface area contributed by atoms with Crippen molar-refractivity contribution >= 4 is 21.5 Å². The van der Waals surface area contributed by atoms with Gasteiger partial charge in [-0.25, -0.2) is 22.2 Å². The van der Waals surface area contributed by atoms with Crippen molar-refractivity contribution < 1.29 is 26.7 Å². The molecule has 11 heteroatoms. The Kier molecular flexibility index (Phi) is 6.70. The van der Waals surface area contributed by atoms with E-state index in [-0.39, 0.29) is 60.1 Å². The maximum Gasteiger partial charge on any atom is 0.215 e. The lowest BCUT2D eigenvalue weighted by Gasteiger charge is -2.16. The second-order valence-electron chi connectivity index (χ2n) is 7.44. The zero-order valence-corrected chi connectivity index (χ0v) is 18.4. The molecule has 0 saturated heterocycles. The summed E-state index contributed by atoms with van der Waals surface area (Å²) in [5.41, 5.74) is 6.39. The van der Waals surface area contributed by atoms with Gasteiger partial charge in [-0.15, -0.1) is 0 Å². The van der Waals surface area contributed by atoms with Gasteiger partial charge >= 0.3 is 0 Å². The number of hydrogen-bond acceptors (Lipinski definition) is 8. The summed E-state index contributed by atoms with van der Waals surface area (Å²) in [5, 5.41) is 2.96. The number of anilines is 2. The summed E-state index contributed by atoms with van der Waals surface area (Å²) in [4.78, 5) is 8.39. The van der Waals surface area contributed by atoms with E-state index in [1.165, 1.54) is 24.3 Å². The molecule has 1 aliphatic rings. The molecule has 4 bridgehead atoms. The molecule has 0 saturated carbocycles. The van der Waals surface area contributed by atoms with Crippen molar-refractivity contribution in [3.63, 3.8) is 0 Å². The van der Waals surface area contributed by atoms with Crippen LogP contribution in [0.4, 0.5) is 20.4 Å². The van der Waals surface area contributed by atoms with Crippen LogP contribution in [0.25, 0.3) is 11.1 Å². The second-order valence-corrected chi connectivity index (χ2v) is 9.63. The molecule has 0 unspecified atom stereocenters. The number of hydrogen-bond donors (Lipinski definition) is 2. The van der Waals surface area contributed by atoms with Crippen molar-refractivity contribution in [2.45, 2.75) is 12.2 Å². The van der Waals surface area contributed by atoms with Crippen molar-refractivity contribution in [3.05, 3.63) is 59.8 Å². The van der Waals surface area contributed by atoms with Crippen LogP contribution < -0.4 is 20.5 Å². The third kappa shape index (κ3) is 5.74. The van der Waals surface area contributed by atoms with Crippen LogP contribution in [0.3, 0.4) is 0 Å². The van der Waals surface area contributed by atoms with Gasteiger partial charge in [0.25, 0.3) is 0 Å². The van der Waals surface area contributed by atoms with Crippen LogP contribution in [0, 0.1) is 11.6 Å². The number of sulfone groups is 1. The lowest BCUT2D eigenvalue weighted by atomic mass is 10.0. The highest BCUT2D eigenvalue weighted by molar-refractivity contribution is 7.90. The first kappa shape index (κ1) is 22.9. The molecule has 1 aromatic carbocycles. The molecule has 0 atom stereocenters. The Balaban J connectivity index is 1.76. The predicted octanol–water partition coefficient (Wildman–Crippen LogP) is 3.20. The summed E-state index contributed by atoms with van der Waals surface area (Å²) in [5.74, 6) is -0.549. The van der Waals surface area contributed by atoms with Crippen LogP contribution in [0.1, 0.15) is 12.0 Å². The van der Waals surface area contributed by atoms with E-state index < -0.39 is 21.5 Å². The Bertz CT molecular complexity index is 1270.